The molecule has 1 fully saturated rings. The second-order valence-corrected chi connectivity index (χ2v) is 5.38. The summed E-state index contributed by atoms with van der Waals surface area (Å²) in [5.74, 6) is -0.101. The van der Waals surface area contributed by atoms with E-state index in [1.54, 1.807) is 6.92 Å². The van der Waals surface area contributed by atoms with Crippen molar-refractivity contribution in [1.82, 2.24) is 15.5 Å². The maximum Gasteiger partial charge on any atom is 0.416 e. The number of carbonyl (C=O) groups excluding carboxylic acids is 2. The second kappa shape index (κ2) is 6.89. The van der Waals surface area contributed by atoms with Gasteiger partial charge in [0.1, 0.15) is 0 Å². The average molecular weight is 329 g/mol. The van der Waals surface area contributed by atoms with Crippen molar-refractivity contribution in [2.75, 3.05) is 19.6 Å². The van der Waals surface area contributed by atoms with Gasteiger partial charge >= 0.3 is 12.2 Å². The minimum Gasteiger partial charge on any atom is -0.354 e. The molecule has 1 aromatic rings. The number of amides is 3. The molecular formula is C15H18F3N3O2. The van der Waals surface area contributed by atoms with Gasteiger partial charge in [-0.3, -0.25) is 4.79 Å². The Labute approximate surface area is 131 Å². The molecule has 1 aliphatic rings. The Morgan fingerprint density at radius 2 is 1.91 bits per heavy atom. The molecule has 1 saturated heterocycles. The number of benzene rings is 1. The number of nitrogens with one attached hydrogen (secondary N) is 2. The van der Waals surface area contributed by atoms with Crippen LogP contribution in [0.3, 0.4) is 0 Å². The summed E-state index contributed by atoms with van der Waals surface area (Å²) in [5.41, 5.74) is -0.146. The van der Waals surface area contributed by atoms with Crippen molar-refractivity contribution in [3.8, 4) is 0 Å². The SMILES string of the molecule is CC(NC(=O)N1CCNC(=O)CC1)c1ccc(C(F)(F)F)cc1. The van der Waals surface area contributed by atoms with E-state index in [0.717, 1.165) is 12.1 Å². The van der Waals surface area contributed by atoms with E-state index in [-0.39, 0.29) is 18.4 Å². The van der Waals surface area contributed by atoms with Gasteiger partial charge in [-0.25, -0.2) is 4.79 Å². The molecular weight excluding hydrogens is 311 g/mol. The van der Waals surface area contributed by atoms with Gasteiger partial charge in [0.25, 0.3) is 0 Å². The third-order valence-electron chi connectivity index (χ3n) is 3.68. The number of urea groups is 1. The van der Waals surface area contributed by atoms with Crippen LogP contribution in [0, 0.1) is 0 Å². The van der Waals surface area contributed by atoms with Crippen LogP contribution in [0.2, 0.25) is 0 Å². The van der Waals surface area contributed by atoms with E-state index in [1.165, 1.54) is 17.0 Å². The third kappa shape index (κ3) is 4.61. The highest BCUT2D eigenvalue weighted by Gasteiger charge is 2.30. The van der Waals surface area contributed by atoms with E-state index >= 15 is 0 Å². The highest BCUT2D eigenvalue weighted by molar-refractivity contribution is 5.79. The van der Waals surface area contributed by atoms with Crippen LogP contribution in [0.4, 0.5) is 18.0 Å². The molecule has 1 unspecified atom stereocenters. The molecule has 8 heteroatoms. The van der Waals surface area contributed by atoms with Crippen LogP contribution in [0.25, 0.3) is 0 Å². The molecule has 1 aromatic carbocycles. The lowest BCUT2D eigenvalue weighted by Crippen LogP contribution is -2.42. The predicted molar refractivity (Wildman–Crippen MR) is 77.6 cm³/mol. The van der Waals surface area contributed by atoms with Gasteiger partial charge in [-0.2, -0.15) is 13.2 Å². The van der Waals surface area contributed by atoms with E-state index in [0.29, 0.717) is 25.2 Å². The Morgan fingerprint density at radius 3 is 2.52 bits per heavy atom. The molecule has 0 saturated carbocycles. The lowest BCUT2D eigenvalue weighted by atomic mass is 10.1. The predicted octanol–water partition coefficient (Wildman–Crippen LogP) is 2.30. The number of hydrogen-bond acceptors (Lipinski definition) is 2. The molecule has 23 heavy (non-hydrogen) atoms. The van der Waals surface area contributed by atoms with Crippen LogP contribution >= 0.6 is 0 Å². The van der Waals surface area contributed by atoms with E-state index in [2.05, 4.69) is 10.6 Å². The monoisotopic (exact) mass is 329 g/mol. The van der Waals surface area contributed by atoms with Gasteiger partial charge in [0.15, 0.2) is 0 Å². The number of halogens is 3. The maximum absolute atomic E-state index is 12.5. The Hall–Kier alpha value is -2.25. The Kier molecular flexibility index (Phi) is 5.12. The first kappa shape index (κ1) is 17.1. The van der Waals surface area contributed by atoms with E-state index in [9.17, 15) is 22.8 Å². The highest BCUT2D eigenvalue weighted by atomic mass is 19.4. The van der Waals surface area contributed by atoms with Crippen LogP contribution in [0.15, 0.2) is 24.3 Å². The normalized spacial score (nSPS) is 17.2. The standard InChI is InChI=1S/C15H18F3N3O2/c1-10(11-2-4-12(5-3-11)15(16,17)18)20-14(23)21-8-6-13(22)19-7-9-21/h2-5,10H,6-9H2,1H3,(H,19,22)(H,20,23). The number of hydrogen-bond donors (Lipinski definition) is 2. The van der Waals surface area contributed by atoms with Gasteiger partial charge in [0.2, 0.25) is 5.91 Å². The first-order valence-corrected chi connectivity index (χ1v) is 7.26. The van der Waals surface area contributed by atoms with Crippen molar-refractivity contribution in [3.63, 3.8) is 0 Å². The summed E-state index contributed by atoms with van der Waals surface area (Å²) in [6.07, 6.45) is -4.14. The summed E-state index contributed by atoms with van der Waals surface area (Å²) < 4.78 is 37.6. The second-order valence-electron chi connectivity index (χ2n) is 5.38. The molecule has 0 radical (unpaired) electrons. The summed E-state index contributed by atoms with van der Waals surface area (Å²) in [6.45, 7) is 2.80. The van der Waals surface area contributed by atoms with Crippen molar-refractivity contribution in [2.24, 2.45) is 0 Å². The van der Waals surface area contributed by atoms with Crippen LogP contribution in [0.5, 0.6) is 0 Å². The Bertz CT molecular complexity index is 572. The molecule has 1 heterocycles. The molecule has 126 valence electrons. The molecule has 2 N–H and O–H groups in total. The zero-order valence-corrected chi connectivity index (χ0v) is 12.6. The quantitative estimate of drug-likeness (QED) is 0.875. The molecule has 3 amide bonds. The van der Waals surface area contributed by atoms with Crippen LogP contribution in [-0.2, 0) is 11.0 Å². The van der Waals surface area contributed by atoms with Gasteiger partial charge in [-0.15, -0.1) is 0 Å². The van der Waals surface area contributed by atoms with Crippen LogP contribution < -0.4 is 10.6 Å². The summed E-state index contributed by atoms with van der Waals surface area (Å²) in [5, 5.41) is 5.40. The topological polar surface area (TPSA) is 61.4 Å². The lowest BCUT2D eigenvalue weighted by molar-refractivity contribution is -0.137. The van der Waals surface area contributed by atoms with Crippen molar-refractivity contribution < 1.29 is 22.8 Å². The van der Waals surface area contributed by atoms with Crippen molar-refractivity contribution >= 4 is 11.9 Å². The smallest absolute Gasteiger partial charge is 0.354 e. The van der Waals surface area contributed by atoms with Gasteiger partial charge in [-0.1, -0.05) is 12.1 Å². The summed E-state index contributed by atoms with van der Waals surface area (Å²) in [4.78, 5) is 24.9. The average Bonchev–Trinajstić information content (AvgIpc) is 2.71. The van der Waals surface area contributed by atoms with Gasteiger partial charge in [0.05, 0.1) is 11.6 Å². The largest absolute Gasteiger partial charge is 0.416 e. The van der Waals surface area contributed by atoms with E-state index < -0.39 is 17.8 Å². The summed E-state index contributed by atoms with van der Waals surface area (Å²) in [6, 6.07) is 3.91. The number of rotatable bonds is 2. The fourth-order valence-electron chi connectivity index (χ4n) is 2.29. The molecule has 0 spiro atoms. The number of carbonyl (C=O) groups is 2. The van der Waals surface area contributed by atoms with Gasteiger partial charge in [0, 0.05) is 26.1 Å². The van der Waals surface area contributed by atoms with Crippen molar-refractivity contribution in [2.45, 2.75) is 25.6 Å². The fourth-order valence-corrected chi connectivity index (χ4v) is 2.29. The zero-order valence-electron chi connectivity index (χ0n) is 12.6. The molecule has 0 aliphatic carbocycles. The van der Waals surface area contributed by atoms with E-state index in [4.69, 9.17) is 0 Å². The minimum atomic E-state index is -4.38. The first-order chi connectivity index (χ1) is 10.8. The Morgan fingerprint density at radius 1 is 1.26 bits per heavy atom. The molecule has 1 aliphatic heterocycles. The van der Waals surface area contributed by atoms with Crippen LogP contribution in [-0.4, -0.2) is 36.5 Å². The van der Waals surface area contributed by atoms with Crippen LogP contribution in [0.1, 0.15) is 30.5 Å². The highest BCUT2D eigenvalue weighted by Crippen LogP contribution is 2.29. The fraction of sp³-hybridized carbons (Fsp3) is 0.467. The molecule has 2 rings (SSSR count). The van der Waals surface area contributed by atoms with E-state index in [1.807, 2.05) is 0 Å². The molecule has 0 aromatic heterocycles. The lowest BCUT2D eigenvalue weighted by Gasteiger charge is -2.23. The maximum atomic E-state index is 12.5. The third-order valence-corrected chi connectivity index (χ3v) is 3.68. The van der Waals surface area contributed by atoms with Crippen molar-refractivity contribution in [1.29, 1.82) is 0 Å². The summed E-state index contributed by atoms with van der Waals surface area (Å²) in [7, 11) is 0. The Balaban J connectivity index is 1.96. The minimum absolute atomic E-state index is 0.101. The molecule has 5 nitrogen and oxygen atoms in total. The molecule has 1 atom stereocenters. The molecule has 0 bridgehead atoms. The van der Waals surface area contributed by atoms with Crippen molar-refractivity contribution in [3.05, 3.63) is 35.4 Å². The first-order valence-electron chi connectivity index (χ1n) is 7.26. The number of alkyl halides is 3. The zero-order chi connectivity index (χ0) is 17.0. The van der Waals surface area contributed by atoms with Gasteiger partial charge in [-0.05, 0) is 24.6 Å². The number of nitrogens with zero attached hydrogens (tertiary/aromatic N) is 1. The summed E-state index contributed by atoms with van der Waals surface area (Å²) >= 11 is 0. The van der Waals surface area contributed by atoms with Gasteiger partial charge < -0.3 is 15.5 Å².